The number of hydrogen-bond donors (Lipinski definition) is 2. The molecule has 2 aromatic rings. The van der Waals surface area contributed by atoms with E-state index in [9.17, 15) is 14.4 Å². The molecule has 0 fully saturated rings. The molecule has 0 atom stereocenters. The molecule has 0 bridgehead atoms. The van der Waals surface area contributed by atoms with Gasteiger partial charge in [0.25, 0.3) is 0 Å². The summed E-state index contributed by atoms with van der Waals surface area (Å²) in [6.45, 7) is 0.260. The van der Waals surface area contributed by atoms with Crippen LogP contribution in [0.3, 0.4) is 0 Å². The van der Waals surface area contributed by atoms with E-state index in [-0.39, 0.29) is 43.7 Å². The molecule has 7 nitrogen and oxygen atoms in total. The fourth-order valence-electron chi connectivity index (χ4n) is 2.73. The minimum atomic E-state index is -0.384. The predicted octanol–water partition coefficient (Wildman–Crippen LogP) is 1.69. The van der Waals surface area contributed by atoms with Crippen molar-refractivity contribution in [2.24, 2.45) is 0 Å². The maximum absolute atomic E-state index is 12.2. The lowest BCUT2D eigenvalue weighted by molar-refractivity contribution is -0.141. The number of aromatic amines is 1. The van der Waals surface area contributed by atoms with Crippen molar-refractivity contribution in [2.45, 2.75) is 32.2 Å². The number of carbonyl (C=O) groups is 3. The quantitative estimate of drug-likeness (QED) is 0.653. The van der Waals surface area contributed by atoms with Crippen molar-refractivity contribution < 1.29 is 23.9 Å². The Morgan fingerprint density at radius 3 is 2.37 bits per heavy atom. The Bertz CT molecular complexity index is 783. The highest BCUT2D eigenvalue weighted by Crippen LogP contribution is 2.18. The normalized spacial score (nSPS) is 10.3. The average Bonchev–Trinajstić information content (AvgIpc) is 3.06. The third-order valence-corrected chi connectivity index (χ3v) is 4.22. The number of benzene rings is 1. The van der Waals surface area contributed by atoms with Gasteiger partial charge in [0.05, 0.1) is 33.6 Å². The third-order valence-electron chi connectivity index (χ3n) is 4.22. The van der Waals surface area contributed by atoms with Gasteiger partial charge in [-0.15, -0.1) is 0 Å². The van der Waals surface area contributed by atoms with Crippen LogP contribution in [0.25, 0.3) is 0 Å². The number of amides is 1. The lowest BCUT2D eigenvalue weighted by atomic mass is 10.0. The van der Waals surface area contributed by atoms with Gasteiger partial charge in [0.15, 0.2) is 0 Å². The fourth-order valence-corrected chi connectivity index (χ4v) is 2.73. The van der Waals surface area contributed by atoms with Crippen LogP contribution in [-0.4, -0.2) is 37.0 Å². The molecule has 0 unspecified atom stereocenters. The summed E-state index contributed by atoms with van der Waals surface area (Å²) >= 11 is 0. The highest BCUT2D eigenvalue weighted by Gasteiger charge is 2.17. The number of nitrogens with one attached hydrogen (secondary N) is 2. The van der Waals surface area contributed by atoms with E-state index in [4.69, 9.17) is 4.74 Å². The van der Waals surface area contributed by atoms with Crippen LogP contribution in [0.2, 0.25) is 0 Å². The Morgan fingerprint density at radius 2 is 1.70 bits per heavy atom. The molecular weight excluding hydrogens is 348 g/mol. The minimum Gasteiger partial charge on any atom is -0.469 e. The van der Waals surface area contributed by atoms with Gasteiger partial charge in [-0.1, -0.05) is 30.3 Å². The van der Waals surface area contributed by atoms with Gasteiger partial charge in [0.1, 0.15) is 0 Å². The summed E-state index contributed by atoms with van der Waals surface area (Å²) in [6.07, 6.45) is 2.75. The van der Waals surface area contributed by atoms with Gasteiger partial charge in [-0.3, -0.25) is 14.4 Å². The summed E-state index contributed by atoms with van der Waals surface area (Å²) in [4.78, 5) is 38.4. The lowest BCUT2D eigenvalue weighted by Gasteiger charge is -2.09. The first kappa shape index (κ1) is 20.2. The zero-order valence-corrected chi connectivity index (χ0v) is 15.5. The topological polar surface area (TPSA) is 97.5 Å². The van der Waals surface area contributed by atoms with E-state index >= 15 is 0 Å². The van der Waals surface area contributed by atoms with E-state index in [2.05, 4.69) is 15.0 Å². The molecule has 0 aliphatic heterocycles. The Morgan fingerprint density at radius 1 is 1.00 bits per heavy atom. The lowest BCUT2D eigenvalue weighted by Crippen LogP contribution is -2.25. The number of rotatable bonds is 9. The summed E-state index contributed by atoms with van der Waals surface area (Å²) in [6, 6.07) is 9.45. The molecule has 2 N–H and O–H groups in total. The number of aryl methyl sites for hydroxylation is 1. The molecule has 0 aliphatic rings. The number of esters is 2. The second-order valence-electron chi connectivity index (χ2n) is 6.04. The molecule has 1 aromatic heterocycles. The van der Waals surface area contributed by atoms with Crippen LogP contribution in [0, 0.1) is 0 Å². The van der Waals surface area contributed by atoms with Crippen LogP contribution in [0.1, 0.15) is 28.8 Å². The van der Waals surface area contributed by atoms with E-state index in [1.165, 1.54) is 14.2 Å². The highest BCUT2D eigenvalue weighted by atomic mass is 16.5. The second-order valence-corrected chi connectivity index (χ2v) is 6.04. The summed E-state index contributed by atoms with van der Waals surface area (Å²) in [5.41, 5.74) is 3.22. The number of methoxy groups -OCH3 is 2. The smallest absolute Gasteiger partial charge is 0.310 e. The van der Waals surface area contributed by atoms with E-state index < -0.39 is 0 Å². The zero-order valence-electron chi connectivity index (χ0n) is 15.5. The Hall–Kier alpha value is -3.09. The number of aromatic nitrogens is 1. The summed E-state index contributed by atoms with van der Waals surface area (Å²) in [7, 11) is 2.66. The molecule has 1 amide bonds. The minimum absolute atomic E-state index is 0.0698. The third kappa shape index (κ3) is 6.29. The number of carbonyl (C=O) groups excluding carboxylic acids is 3. The van der Waals surface area contributed by atoms with Crippen LogP contribution in [-0.2, 0) is 49.7 Å². The van der Waals surface area contributed by atoms with Crippen LogP contribution in [0.15, 0.2) is 36.5 Å². The number of hydrogen-bond acceptors (Lipinski definition) is 5. The molecule has 0 saturated heterocycles. The molecule has 0 saturated carbocycles. The largest absolute Gasteiger partial charge is 0.469 e. The van der Waals surface area contributed by atoms with Gasteiger partial charge in [-0.2, -0.15) is 0 Å². The first-order chi connectivity index (χ1) is 13.0. The van der Waals surface area contributed by atoms with Gasteiger partial charge in [-0.25, -0.2) is 0 Å². The standard InChI is InChI=1S/C20H24N2O5/c1-26-19(24)9-8-15-12-21-17(16(15)11-20(25)27-2)13-22-18(23)10-14-6-4-3-5-7-14/h3-7,12,21H,8-11,13H2,1-2H3,(H,22,23). The Kier molecular flexibility index (Phi) is 7.61. The maximum Gasteiger partial charge on any atom is 0.310 e. The van der Waals surface area contributed by atoms with Crippen molar-refractivity contribution in [1.82, 2.24) is 10.3 Å². The number of ether oxygens (including phenoxy) is 2. The van der Waals surface area contributed by atoms with E-state index in [1.54, 1.807) is 6.20 Å². The summed E-state index contributed by atoms with van der Waals surface area (Å²) in [5.74, 6) is -0.820. The van der Waals surface area contributed by atoms with Crippen molar-refractivity contribution in [2.75, 3.05) is 14.2 Å². The Balaban J connectivity index is 2.03. The SMILES string of the molecule is COC(=O)CCc1c[nH]c(CNC(=O)Cc2ccccc2)c1CC(=O)OC. The second kappa shape index (κ2) is 10.2. The molecular formula is C20H24N2O5. The van der Waals surface area contributed by atoms with E-state index in [0.717, 1.165) is 22.4 Å². The molecule has 0 radical (unpaired) electrons. The monoisotopic (exact) mass is 372 g/mol. The first-order valence-electron chi connectivity index (χ1n) is 8.65. The molecule has 1 aromatic carbocycles. The predicted molar refractivity (Wildman–Crippen MR) is 98.8 cm³/mol. The molecule has 144 valence electrons. The Labute approximate surface area is 158 Å². The molecule has 0 spiro atoms. The van der Waals surface area contributed by atoms with Crippen molar-refractivity contribution in [1.29, 1.82) is 0 Å². The molecule has 0 aliphatic carbocycles. The zero-order chi connectivity index (χ0) is 19.6. The van der Waals surface area contributed by atoms with Gasteiger partial charge in [-0.05, 0) is 23.1 Å². The van der Waals surface area contributed by atoms with Crippen molar-refractivity contribution in [3.8, 4) is 0 Å². The van der Waals surface area contributed by atoms with Gasteiger partial charge in [0, 0.05) is 18.3 Å². The number of H-pyrrole nitrogens is 1. The summed E-state index contributed by atoms with van der Waals surface area (Å²) < 4.78 is 9.41. The fraction of sp³-hybridized carbons (Fsp3) is 0.350. The average molecular weight is 372 g/mol. The van der Waals surface area contributed by atoms with Gasteiger partial charge in [0.2, 0.25) is 5.91 Å². The van der Waals surface area contributed by atoms with E-state index in [0.29, 0.717) is 6.42 Å². The molecule has 2 rings (SSSR count). The molecule has 7 heteroatoms. The molecule has 27 heavy (non-hydrogen) atoms. The van der Waals surface area contributed by atoms with Gasteiger partial charge >= 0.3 is 11.9 Å². The van der Waals surface area contributed by atoms with Crippen LogP contribution >= 0.6 is 0 Å². The van der Waals surface area contributed by atoms with Crippen LogP contribution in [0.5, 0.6) is 0 Å². The van der Waals surface area contributed by atoms with Crippen molar-refractivity contribution >= 4 is 17.8 Å². The van der Waals surface area contributed by atoms with Crippen molar-refractivity contribution in [3.63, 3.8) is 0 Å². The van der Waals surface area contributed by atoms with Crippen LogP contribution < -0.4 is 5.32 Å². The van der Waals surface area contributed by atoms with Gasteiger partial charge < -0.3 is 19.8 Å². The maximum atomic E-state index is 12.2. The van der Waals surface area contributed by atoms with E-state index in [1.807, 2.05) is 30.3 Å². The summed E-state index contributed by atoms with van der Waals surface area (Å²) in [5, 5.41) is 2.85. The highest BCUT2D eigenvalue weighted by molar-refractivity contribution is 5.78. The molecule has 1 heterocycles. The first-order valence-corrected chi connectivity index (χ1v) is 8.65. The van der Waals surface area contributed by atoms with Crippen LogP contribution in [0.4, 0.5) is 0 Å². The van der Waals surface area contributed by atoms with Crippen molar-refractivity contribution in [3.05, 3.63) is 58.9 Å².